The number of halogens is 1. The first kappa shape index (κ1) is 9.46. The van der Waals surface area contributed by atoms with E-state index < -0.39 is 0 Å². The van der Waals surface area contributed by atoms with Gasteiger partial charge in [-0.15, -0.1) is 0 Å². The van der Waals surface area contributed by atoms with Gasteiger partial charge in [-0.3, -0.25) is 4.79 Å². The molecule has 64 valence electrons. The monoisotopic (exact) mass is 226 g/mol. The second-order valence-electron chi connectivity index (χ2n) is 2.89. The molecule has 0 radical (unpaired) electrons. The maximum atomic E-state index is 11.0. The molecule has 0 amide bonds. The number of hydrogen-bond donors (Lipinski definition) is 0. The smallest absolute Gasteiger partial charge is 0.136 e. The molecule has 1 rings (SSSR count). The van der Waals surface area contributed by atoms with E-state index >= 15 is 0 Å². The van der Waals surface area contributed by atoms with E-state index in [9.17, 15) is 4.79 Å². The third-order valence-electron chi connectivity index (χ3n) is 1.96. The molecule has 0 saturated heterocycles. The number of benzene rings is 1. The van der Waals surface area contributed by atoms with E-state index in [1.54, 1.807) is 6.92 Å². The maximum absolute atomic E-state index is 11.0. The fourth-order valence-electron chi connectivity index (χ4n) is 1.01. The Labute approximate surface area is 80.9 Å². The predicted molar refractivity (Wildman–Crippen MR) is 53.2 cm³/mol. The van der Waals surface area contributed by atoms with Gasteiger partial charge in [0.15, 0.2) is 0 Å². The Balaban J connectivity index is 2.95. The van der Waals surface area contributed by atoms with E-state index in [2.05, 4.69) is 15.9 Å². The summed E-state index contributed by atoms with van der Waals surface area (Å²) in [4.78, 5) is 11.0. The average molecular weight is 227 g/mol. The van der Waals surface area contributed by atoms with Gasteiger partial charge in [-0.1, -0.05) is 35.0 Å². The van der Waals surface area contributed by atoms with Crippen molar-refractivity contribution in [1.29, 1.82) is 0 Å². The van der Waals surface area contributed by atoms with Crippen molar-refractivity contribution in [3.63, 3.8) is 0 Å². The summed E-state index contributed by atoms with van der Waals surface area (Å²) in [6.45, 7) is 3.54. The second kappa shape index (κ2) is 3.85. The molecule has 0 saturated carbocycles. The van der Waals surface area contributed by atoms with Gasteiger partial charge >= 0.3 is 0 Å². The Bertz CT molecular complexity index is 294. The lowest BCUT2D eigenvalue weighted by atomic mass is 9.98. The first-order valence-electron chi connectivity index (χ1n) is 3.87. The first-order chi connectivity index (χ1) is 5.61. The number of ketones is 1. The molecule has 0 aromatic heterocycles. The van der Waals surface area contributed by atoms with Crippen LogP contribution in [0.25, 0.3) is 0 Å². The van der Waals surface area contributed by atoms with Crippen LogP contribution in [-0.4, -0.2) is 5.78 Å². The van der Waals surface area contributed by atoms with Crippen molar-refractivity contribution in [2.24, 2.45) is 0 Å². The van der Waals surface area contributed by atoms with Gasteiger partial charge in [0.25, 0.3) is 0 Å². The average Bonchev–Trinajstić information content (AvgIpc) is 2.03. The third-order valence-corrected chi connectivity index (χ3v) is 2.45. The fraction of sp³-hybridized carbons (Fsp3) is 0.300. The molecule has 0 spiro atoms. The molecule has 2 heteroatoms. The van der Waals surface area contributed by atoms with E-state index in [0.29, 0.717) is 0 Å². The fourth-order valence-corrected chi connectivity index (χ4v) is 1.43. The van der Waals surface area contributed by atoms with Gasteiger partial charge in [0.2, 0.25) is 0 Å². The lowest BCUT2D eigenvalue weighted by Crippen LogP contribution is -2.03. The molecule has 0 unspecified atom stereocenters. The molecule has 0 bridgehead atoms. The highest BCUT2D eigenvalue weighted by atomic mass is 79.9. The Morgan fingerprint density at radius 3 is 2.67 bits per heavy atom. The van der Waals surface area contributed by atoms with Crippen LogP contribution in [-0.2, 0) is 4.79 Å². The summed E-state index contributed by atoms with van der Waals surface area (Å²) >= 11 is 3.37. The molecule has 0 heterocycles. The van der Waals surface area contributed by atoms with Gasteiger partial charge in [0.1, 0.15) is 5.78 Å². The van der Waals surface area contributed by atoms with E-state index in [4.69, 9.17) is 0 Å². The van der Waals surface area contributed by atoms with Crippen molar-refractivity contribution < 1.29 is 4.79 Å². The van der Waals surface area contributed by atoms with Crippen molar-refractivity contribution in [2.45, 2.75) is 19.8 Å². The van der Waals surface area contributed by atoms with Crippen LogP contribution in [0.15, 0.2) is 28.7 Å². The number of carbonyl (C=O) groups is 1. The summed E-state index contributed by atoms with van der Waals surface area (Å²) in [5.74, 6) is 0.204. The molecule has 0 aliphatic carbocycles. The summed E-state index contributed by atoms with van der Waals surface area (Å²) in [6, 6.07) is 7.85. The van der Waals surface area contributed by atoms with Gasteiger partial charge in [-0.25, -0.2) is 0 Å². The minimum Gasteiger partial charge on any atom is -0.299 e. The zero-order valence-electron chi connectivity index (χ0n) is 7.17. The molecule has 1 nitrogen and oxygen atoms in total. The zero-order chi connectivity index (χ0) is 9.14. The van der Waals surface area contributed by atoms with Crippen molar-refractivity contribution in [3.8, 4) is 0 Å². The van der Waals surface area contributed by atoms with E-state index in [0.717, 1.165) is 10.0 Å². The number of carbonyl (C=O) groups excluding carboxylic acids is 1. The van der Waals surface area contributed by atoms with Crippen LogP contribution in [0.1, 0.15) is 25.3 Å². The molecule has 0 aliphatic rings. The van der Waals surface area contributed by atoms with Crippen molar-refractivity contribution >= 4 is 21.7 Å². The quantitative estimate of drug-likeness (QED) is 0.758. The highest BCUT2D eigenvalue weighted by Crippen LogP contribution is 2.19. The summed E-state index contributed by atoms with van der Waals surface area (Å²) in [5, 5.41) is 0. The molecule has 1 aromatic rings. The first-order valence-corrected chi connectivity index (χ1v) is 4.66. The summed E-state index contributed by atoms with van der Waals surface area (Å²) in [7, 11) is 0. The van der Waals surface area contributed by atoms with E-state index in [-0.39, 0.29) is 11.7 Å². The highest BCUT2D eigenvalue weighted by Gasteiger charge is 2.09. The summed E-state index contributed by atoms with van der Waals surface area (Å²) in [5.41, 5.74) is 1.07. The minimum absolute atomic E-state index is 0.00231. The molecule has 0 fully saturated rings. The van der Waals surface area contributed by atoms with Gasteiger partial charge in [-0.2, -0.15) is 0 Å². The van der Waals surface area contributed by atoms with Crippen molar-refractivity contribution in [1.82, 2.24) is 0 Å². The standard InChI is InChI=1S/C10H11BrO/c1-7(8(2)12)9-4-3-5-10(11)6-9/h3-7H,1-2H3/t7-/m1/s1. The normalized spacial score (nSPS) is 12.6. The van der Waals surface area contributed by atoms with Gasteiger partial charge in [0.05, 0.1) is 0 Å². The van der Waals surface area contributed by atoms with Crippen LogP contribution in [0, 0.1) is 0 Å². The SMILES string of the molecule is CC(=O)[C@@H](C)c1cccc(Br)c1. The Hall–Kier alpha value is -0.630. The minimum atomic E-state index is 0.00231. The lowest BCUT2D eigenvalue weighted by molar-refractivity contribution is -0.118. The van der Waals surface area contributed by atoms with E-state index in [1.165, 1.54) is 0 Å². The molecule has 0 aliphatic heterocycles. The second-order valence-corrected chi connectivity index (χ2v) is 3.80. The Morgan fingerprint density at radius 2 is 2.17 bits per heavy atom. The zero-order valence-corrected chi connectivity index (χ0v) is 8.76. The molecule has 1 atom stereocenters. The molecular weight excluding hydrogens is 216 g/mol. The van der Waals surface area contributed by atoms with Crippen LogP contribution >= 0.6 is 15.9 Å². The Kier molecular flexibility index (Phi) is 3.04. The number of Topliss-reactive ketones (excluding diaryl/α,β-unsaturated/α-hetero) is 1. The topological polar surface area (TPSA) is 17.1 Å². The van der Waals surface area contributed by atoms with Crippen LogP contribution in [0.4, 0.5) is 0 Å². The molecule has 1 aromatic carbocycles. The van der Waals surface area contributed by atoms with Crippen LogP contribution in [0.2, 0.25) is 0 Å². The predicted octanol–water partition coefficient (Wildman–Crippen LogP) is 3.14. The molecule has 12 heavy (non-hydrogen) atoms. The Morgan fingerprint density at radius 1 is 1.50 bits per heavy atom. The van der Waals surface area contributed by atoms with Crippen molar-refractivity contribution in [3.05, 3.63) is 34.3 Å². The number of rotatable bonds is 2. The highest BCUT2D eigenvalue weighted by molar-refractivity contribution is 9.10. The third kappa shape index (κ3) is 2.18. The van der Waals surface area contributed by atoms with Gasteiger partial charge in [0, 0.05) is 10.4 Å². The van der Waals surface area contributed by atoms with Gasteiger partial charge < -0.3 is 0 Å². The molecular formula is C10H11BrO. The maximum Gasteiger partial charge on any atom is 0.136 e. The van der Waals surface area contributed by atoms with Crippen LogP contribution in [0.5, 0.6) is 0 Å². The number of hydrogen-bond acceptors (Lipinski definition) is 1. The van der Waals surface area contributed by atoms with E-state index in [1.807, 2.05) is 31.2 Å². The molecule has 0 N–H and O–H groups in total. The lowest BCUT2D eigenvalue weighted by Gasteiger charge is -2.07. The van der Waals surface area contributed by atoms with Crippen molar-refractivity contribution in [2.75, 3.05) is 0 Å². The summed E-state index contributed by atoms with van der Waals surface area (Å²) < 4.78 is 1.02. The summed E-state index contributed by atoms with van der Waals surface area (Å²) in [6.07, 6.45) is 0. The van der Waals surface area contributed by atoms with Crippen LogP contribution < -0.4 is 0 Å². The van der Waals surface area contributed by atoms with Gasteiger partial charge in [-0.05, 0) is 24.6 Å². The largest absolute Gasteiger partial charge is 0.299 e. The van der Waals surface area contributed by atoms with Crippen LogP contribution in [0.3, 0.4) is 0 Å².